The zero-order valence-corrected chi connectivity index (χ0v) is 15.1. The Balaban J connectivity index is 1.64. The fourth-order valence-corrected chi connectivity index (χ4v) is 3.47. The minimum atomic E-state index is -0.193. The summed E-state index contributed by atoms with van der Waals surface area (Å²) in [5.41, 5.74) is 0. The number of aliphatic imine (C=N–C) groups is 1. The van der Waals surface area contributed by atoms with Gasteiger partial charge in [0.15, 0.2) is 5.96 Å². The molecule has 4 nitrogen and oxygen atoms in total. The van der Waals surface area contributed by atoms with Crippen LogP contribution in [0.2, 0.25) is 0 Å². The summed E-state index contributed by atoms with van der Waals surface area (Å²) in [6, 6.07) is 7.08. The van der Waals surface area contributed by atoms with Gasteiger partial charge in [0.2, 0.25) is 0 Å². The maximum absolute atomic E-state index is 12.9. The molecular formula is C18H27FN4S. The fraction of sp³-hybridized carbons (Fsp3) is 0.500. The van der Waals surface area contributed by atoms with Crippen molar-refractivity contribution in [2.75, 3.05) is 39.0 Å². The predicted molar refractivity (Wildman–Crippen MR) is 101 cm³/mol. The van der Waals surface area contributed by atoms with Crippen molar-refractivity contribution in [1.29, 1.82) is 0 Å². The second kappa shape index (κ2) is 10.4. The van der Waals surface area contributed by atoms with E-state index < -0.39 is 0 Å². The largest absolute Gasteiger partial charge is 0.356 e. The molecule has 0 aliphatic carbocycles. The van der Waals surface area contributed by atoms with Gasteiger partial charge < -0.3 is 10.6 Å². The van der Waals surface area contributed by atoms with Gasteiger partial charge in [-0.15, -0.1) is 18.3 Å². The van der Waals surface area contributed by atoms with Crippen molar-refractivity contribution in [3.05, 3.63) is 42.7 Å². The van der Waals surface area contributed by atoms with Crippen LogP contribution in [0.5, 0.6) is 0 Å². The Morgan fingerprint density at radius 1 is 1.38 bits per heavy atom. The van der Waals surface area contributed by atoms with Crippen LogP contribution in [0.1, 0.15) is 12.8 Å². The zero-order valence-electron chi connectivity index (χ0n) is 14.3. The predicted octanol–water partition coefficient (Wildman–Crippen LogP) is 2.73. The first-order valence-electron chi connectivity index (χ1n) is 8.40. The lowest BCUT2D eigenvalue weighted by Gasteiger charge is -2.32. The number of likely N-dealkylation sites (tertiary alicyclic amines) is 1. The molecule has 2 rings (SSSR count). The third-order valence-corrected chi connectivity index (χ3v) is 5.03. The monoisotopic (exact) mass is 350 g/mol. The van der Waals surface area contributed by atoms with Gasteiger partial charge in [0.05, 0.1) is 0 Å². The number of guanidine groups is 1. The molecule has 0 unspecified atom stereocenters. The normalized spacial score (nSPS) is 16.8. The summed E-state index contributed by atoms with van der Waals surface area (Å²) in [4.78, 5) is 7.80. The van der Waals surface area contributed by atoms with Crippen LogP contribution in [0.3, 0.4) is 0 Å². The summed E-state index contributed by atoms with van der Waals surface area (Å²) in [5, 5.41) is 6.85. The average molecular weight is 351 g/mol. The number of thioether (sulfide) groups is 1. The van der Waals surface area contributed by atoms with Crippen LogP contribution in [0.25, 0.3) is 0 Å². The molecule has 132 valence electrons. The van der Waals surface area contributed by atoms with Gasteiger partial charge >= 0.3 is 0 Å². The van der Waals surface area contributed by atoms with Crippen molar-refractivity contribution in [1.82, 2.24) is 15.5 Å². The van der Waals surface area contributed by atoms with Crippen LogP contribution in [0.4, 0.5) is 4.39 Å². The SMILES string of the molecule is C=CCN1CCC(NC(=NC)NCCSc2ccc(F)cc2)CC1. The first kappa shape index (κ1) is 18.8. The Morgan fingerprint density at radius 3 is 2.71 bits per heavy atom. The molecule has 1 fully saturated rings. The number of hydrogen-bond acceptors (Lipinski definition) is 3. The Labute approximate surface area is 148 Å². The maximum Gasteiger partial charge on any atom is 0.191 e. The highest BCUT2D eigenvalue weighted by Crippen LogP contribution is 2.17. The third kappa shape index (κ3) is 6.53. The summed E-state index contributed by atoms with van der Waals surface area (Å²) in [6.07, 6.45) is 4.21. The molecule has 1 aromatic rings. The lowest BCUT2D eigenvalue weighted by molar-refractivity contribution is 0.225. The number of rotatable bonds is 7. The summed E-state index contributed by atoms with van der Waals surface area (Å²) in [5.74, 6) is 1.57. The van der Waals surface area contributed by atoms with Crippen molar-refractivity contribution >= 4 is 17.7 Å². The van der Waals surface area contributed by atoms with Gasteiger partial charge in [-0.2, -0.15) is 0 Å². The molecule has 6 heteroatoms. The standard InChI is InChI=1S/C18H27FN4S/c1-3-11-23-12-8-16(9-13-23)22-18(20-2)21-10-14-24-17-6-4-15(19)5-7-17/h3-7,16H,1,8-14H2,2H3,(H2,20,21,22). The zero-order chi connectivity index (χ0) is 17.2. The molecule has 0 bridgehead atoms. The number of piperidine rings is 1. The molecule has 0 radical (unpaired) electrons. The second-order valence-electron chi connectivity index (χ2n) is 5.81. The van der Waals surface area contributed by atoms with Crippen LogP contribution in [0.15, 0.2) is 46.8 Å². The third-order valence-electron chi connectivity index (χ3n) is 4.02. The van der Waals surface area contributed by atoms with Gasteiger partial charge in [-0.05, 0) is 37.1 Å². The lowest BCUT2D eigenvalue weighted by atomic mass is 10.1. The first-order valence-corrected chi connectivity index (χ1v) is 9.38. The average Bonchev–Trinajstić information content (AvgIpc) is 2.61. The molecular weight excluding hydrogens is 323 g/mol. The molecule has 1 saturated heterocycles. The quantitative estimate of drug-likeness (QED) is 0.261. The van der Waals surface area contributed by atoms with E-state index in [9.17, 15) is 4.39 Å². The van der Waals surface area contributed by atoms with Gasteiger partial charge in [-0.25, -0.2) is 4.39 Å². The Bertz CT molecular complexity index is 524. The van der Waals surface area contributed by atoms with Gasteiger partial charge in [-0.1, -0.05) is 6.08 Å². The molecule has 0 aromatic heterocycles. The minimum Gasteiger partial charge on any atom is -0.356 e. The van der Waals surface area contributed by atoms with Gasteiger partial charge in [0.25, 0.3) is 0 Å². The van der Waals surface area contributed by atoms with Crippen molar-refractivity contribution in [3.63, 3.8) is 0 Å². The van der Waals surface area contributed by atoms with Gasteiger partial charge in [0.1, 0.15) is 5.82 Å². The van der Waals surface area contributed by atoms with E-state index in [-0.39, 0.29) is 5.82 Å². The van der Waals surface area contributed by atoms with E-state index in [1.54, 1.807) is 18.8 Å². The van der Waals surface area contributed by atoms with E-state index in [1.165, 1.54) is 12.1 Å². The number of nitrogens with one attached hydrogen (secondary N) is 2. The summed E-state index contributed by atoms with van der Waals surface area (Å²) in [7, 11) is 1.80. The molecule has 1 aromatic carbocycles. The Morgan fingerprint density at radius 2 is 2.08 bits per heavy atom. The summed E-state index contributed by atoms with van der Waals surface area (Å²) < 4.78 is 12.9. The van der Waals surface area contributed by atoms with Crippen LogP contribution in [0, 0.1) is 5.82 Å². The van der Waals surface area contributed by atoms with E-state index in [4.69, 9.17) is 0 Å². The number of hydrogen-bond donors (Lipinski definition) is 2. The summed E-state index contributed by atoms with van der Waals surface area (Å²) in [6.45, 7) is 7.78. The highest BCUT2D eigenvalue weighted by atomic mass is 32.2. The number of nitrogens with zero attached hydrogens (tertiary/aromatic N) is 2. The topological polar surface area (TPSA) is 39.7 Å². The van der Waals surface area contributed by atoms with Crippen molar-refractivity contribution in [3.8, 4) is 0 Å². The molecule has 0 saturated carbocycles. The van der Waals surface area contributed by atoms with E-state index >= 15 is 0 Å². The van der Waals surface area contributed by atoms with Crippen LogP contribution in [-0.4, -0.2) is 55.9 Å². The maximum atomic E-state index is 12.9. The van der Waals surface area contributed by atoms with Crippen molar-refractivity contribution < 1.29 is 4.39 Å². The first-order chi connectivity index (χ1) is 11.7. The van der Waals surface area contributed by atoms with Crippen molar-refractivity contribution in [2.45, 2.75) is 23.8 Å². The molecule has 1 heterocycles. The highest BCUT2D eigenvalue weighted by Gasteiger charge is 2.18. The molecule has 0 amide bonds. The highest BCUT2D eigenvalue weighted by molar-refractivity contribution is 7.99. The van der Waals surface area contributed by atoms with E-state index in [1.807, 2.05) is 18.2 Å². The molecule has 1 aliphatic heterocycles. The summed E-state index contributed by atoms with van der Waals surface area (Å²) >= 11 is 1.71. The fourth-order valence-electron chi connectivity index (χ4n) is 2.70. The molecule has 2 N–H and O–H groups in total. The molecule has 0 spiro atoms. The molecule has 0 atom stereocenters. The Hall–Kier alpha value is -1.53. The van der Waals surface area contributed by atoms with E-state index in [2.05, 4.69) is 27.1 Å². The van der Waals surface area contributed by atoms with Crippen LogP contribution < -0.4 is 10.6 Å². The second-order valence-corrected chi connectivity index (χ2v) is 6.98. The smallest absolute Gasteiger partial charge is 0.191 e. The van der Waals surface area contributed by atoms with Gasteiger partial charge in [-0.3, -0.25) is 9.89 Å². The van der Waals surface area contributed by atoms with E-state index in [0.717, 1.165) is 55.6 Å². The van der Waals surface area contributed by atoms with Crippen molar-refractivity contribution in [2.24, 2.45) is 4.99 Å². The van der Waals surface area contributed by atoms with E-state index in [0.29, 0.717) is 6.04 Å². The molecule has 24 heavy (non-hydrogen) atoms. The number of benzene rings is 1. The Kier molecular flexibility index (Phi) is 8.12. The van der Waals surface area contributed by atoms with Crippen LogP contribution >= 0.6 is 11.8 Å². The lowest BCUT2D eigenvalue weighted by Crippen LogP contribution is -2.49. The molecule has 1 aliphatic rings. The number of halogens is 1. The van der Waals surface area contributed by atoms with Crippen LogP contribution in [-0.2, 0) is 0 Å². The van der Waals surface area contributed by atoms with Gasteiger partial charge in [0, 0.05) is 49.9 Å². The minimum absolute atomic E-state index is 0.193.